The van der Waals surface area contributed by atoms with E-state index in [9.17, 15) is 14.7 Å². The summed E-state index contributed by atoms with van der Waals surface area (Å²) in [6.45, 7) is 0.101. The van der Waals surface area contributed by atoms with E-state index in [1.807, 2.05) is 36.4 Å². The lowest BCUT2D eigenvalue weighted by Crippen LogP contribution is -2.31. The van der Waals surface area contributed by atoms with Crippen LogP contribution < -0.4 is 10.8 Å². The molecule has 0 aromatic heterocycles. The molecule has 2 amide bonds. The van der Waals surface area contributed by atoms with E-state index in [2.05, 4.69) is 5.32 Å². The molecular weight excluding hydrogens is 472 g/mol. The van der Waals surface area contributed by atoms with Crippen molar-refractivity contribution in [2.24, 2.45) is 0 Å². The molecule has 5 N–H and O–H groups in total. The predicted octanol–water partition coefficient (Wildman–Crippen LogP) is 3.06. The van der Waals surface area contributed by atoms with Gasteiger partial charge in [-0.05, 0) is 29.7 Å². The van der Waals surface area contributed by atoms with Gasteiger partial charge < -0.3 is 25.0 Å². The summed E-state index contributed by atoms with van der Waals surface area (Å²) in [6, 6.07) is 14.9. The van der Waals surface area contributed by atoms with Crippen molar-refractivity contribution in [3.8, 4) is 0 Å². The van der Waals surface area contributed by atoms with Crippen molar-refractivity contribution in [3.05, 3.63) is 65.2 Å². The zero-order valence-electron chi connectivity index (χ0n) is 19.4. The number of ether oxygens (including phenoxy) is 2. The van der Waals surface area contributed by atoms with E-state index in [0.717, 1.165) is 22.4 Å². The minimum absolute atomic E-state index is 0.0150. The fourth-order valence-electron chi connectivity index (χ4n) is 3.71. The van der Waals surface area contributed by atoms with Crippen LogP contribution in [0.25, 0.3) is 0 Å². The van der Waals surface area contributed by atoms with Gasteiger partial charge in [0.2, 0.25) is 11.8 Å². The minimum Gasteiger partial charge on any atom is -0.396 e. The van der Waals surface area contributed by atoms with Crippen molar-refractivity contribution in [2.45, 2.75) is 50.8 Å². The van der Waals surface area contributed by atoms with Crippen LogP contribution in [-0.4, -0.2) is 51.5 Å². The number of nitrogens with one attached hydrogen (secondary N) is 2. The smallest absolute Gasteiger partial charge is 0.243 e. The molecule has 0 aliphatic carbocycles. The molecule has 1 aliphatic heterocycles. The molecule has 2 aromatic carbocycles. The van der Waals surface area contributed by atoms with Gasteiger partial charge >= 0.3 is 0 Å². The second kappa shape index (κ2) is 14.2. The molecule has 9 nitrogen and oxygen atoms in total. The molecular formula is C25H32N2O7S. The van der Waals surface area contributed by atoms with Crippen molar-refractivity contribution in [1.29, 1.82) is 0 Å². The Morgan fingerprint density at radius 2 is 1.63 bits per heavy atom. The summed E-state index contributed by atoms with van der Waals surface area (Å²) in [7, 11) is 0. The number of anilines is 1. The van der Waals surface area contributed by atoms with Crippen LogP contribution in [0.4, 0.5) is 5.69 Å². The molecule has 0 spiro atoms. The SMILES string of the molecule is O=C(CCCC(=O)Nc1ccc([C@H]2O[C@@H](CSCCO)C[C@@H](c3ccc(CO)cc3)O2)cc1)NO. The van der Waals surface area contributed by atoms with Gasteiger partial charge in [-0.1, -0.05) is 36.4 Å². The van der Waals surface area contributed by atoms with Gasteiger partial charge in [0.15, 0.2) is 6.29 Å². The Bertz CT molecular complexity index is 940. The first-order chi connectivity index (χ1) is 17.0. The lowest BCUT2D eigenvalue weighted by Gasteiger charge is -2.36. The van der Waals surface area contributed by atoms with E-state index in [-0.39, 0.29) is 44.2 Å². The fraction of sp³-hybridized carbons (Fsp3) is 0.440. The normalized spacial score (nSPS) is 19.8. The molecule has 1 heterocycles. The average molecular weight is 505 g/mol. The maximum absolute atomic E-state index is 12.1. The van der Waals surface area contributed by atoms with E-state index in [1.54, 1.807) is 29.4 Å². The molecule has 3 atom stereocenters. The van der Waals surface area contributed by atoms with E-state index in [0.29, 0.717) is 24.3 Å². The first kappa shape index (κ1) is 27.1. The Balaban J connectivity index is 1.64. The molecule has 0 bridgehead atoms. The minimum atomic E-state index is -0.590. The predicted molar refractivity (Wildman–Crippen MR) is 132 cm³/mol. The van der Waals surface area contributed by atoms with Gasteiger partial charge in [-0.3, -0.25) is 14.8 Å². The fourth-order valence-corrected chi connectivity index (χ4v) is 4.49. The van der Waals surface area contributed by atoms with E-state index < -0.39 is 12.2 Å². The highest BCUT2D eigenvalue weighted by Crippen LogP contribution is 2.39. The highest BCUT2D eigenvalue weighted by Gasteiger charge is 2.32. The van der Waals surface area contributed by atoms with E-state index >= 15 is 0 Å². The number of aliphatic hydroxyl groups is 2. The Labute approximate surface area is 208 Å². The number of carbonyl (C=O) groups excluding carboxylic acids is 2. The van der Waals surface area contributed by atoms with Crippen molar-refractivity contribution in [3.63, 3.8) is 0 Å². The molecule has 0 unspecified atom stereocenters. The number of hydrogen-bond donors (Lipinski definition) is 5. The van der Waals surface area contributed by atoms with Crippen LogP contribution in [0.3, 0.4) is 0 Å². The molecule has 1 saturated heterocycles. The van der Waals surface area contributed by atoms with Crippen molar-refractivity contribution < 1.29 is 34.5 Å². The Morgan fingerprint density at radius 3 is 2.29 bits per heavy atom. The largest absolute Gasteiger partial charge is 0.396 e. The van der Waals surface area contributed by atoms with Crippen molar-refractivity contribution in [2.75, 3.05) is 23.4 Å². The molecule has 35 heavy (non-hydrogen) atoms. The van der Waals surface area contributed by atoms with Crippen LogP contribution in [0.15, 0.2) is 48.5 Å². The number of hydrogen-bond acceptors (Lipinski definition) is 8. The topological polar surface area (TPSA) is 137 Å². The van der Waals surface area contributed by atoms with Gasteiger partial charge in [-0.2, -0.15) is 11.8 Å². The van der Waals surface area contributed by atoms with Gasteiger partial charge in [0.1, 0.15) is 0 Å². The van der Waals surface area contributed by atoms with Gasteiger partial charge in [0, 0.05) is 42.0 Å². The monoisotopic (exact) mass is 504 g/mol. The molecule has 10 heteroatoms. The van der Waals surface area contributed by atoms with Crippen molar-refractivity contribution >= 4 is 29.3 Å². The highest BCUT2D eigenvalue weighted by atomic mass is 32.2. The summed E-state index contributed by atoms with van der Waals surface area (Å²) in [5.74, 6) is 0.625. The van der Waals surface area contributed by atoms with Crippen LogP contribution >= 0.6 is 11.8 Å². The van der Waals surface area contributed by atoms with Crippen molar-refractivity contribution in [1.82, 2.24) is 5.48 Å². The highest BCUT2D eigenvalue weighted by molar-refractivity contribution is 7.99. The number of amides is 2. The second-order valence-electron chi connectivity index (χ2n) is 8.21. The first-order valence-corrected chi connectivity index (χ1v) is 12.7. The molecule has 0 radical (unpaired) electrons. The Morgan fingerprint density at radius 1 is 0.943 bits per heavy atom. The maximum Gasteiger partial charge on any atom is 0.243 e. The number of rotatable bonds is 12. The van der Waals surface area contributed by atoms with Crippen LogP contribution in [0, 0.1) is 0 Å². The lowest BCUT2D eigenvalue weighted by molar-refractivity contribution is -0.245. The van der Waals surface area contributed by atoms with Crippen LogP contribution in [0.2, 0.25) is 0 Å². The van der Waals surface area contributed by atoms with E-state index in [4.69, 9.17) is 19.8 Å². The Kier molecular flexibility index (Phi) is 11.0. The number of carbonyl (C=O) groups is 2. The van der Waals surface area contributed by atoms with E-state index in [1.165, 1.54) is 0 Å². The third-order valence-electron chi connectivity index (χ3n) is 5.55. The summed E-state index contributed by atoms with van der Waals surface area (Å²) < 4.78 is 12.5. The number of aliphatic hydroxyl groups excluding tert-OH is 2. The lowest BCUT2D eigenvalue weighted by atomic mass is 10.0. The maximum atomic E-state index is 12.1. The first-order valence-electron chi connectivity index (χ1n) is 11.5. The van der Waals surface area contributed by atoms with Gasteiger partial charge in [-0.25, -0.2) is 5.48 Å². The molecule has 1 aliphatic rings. The zero-order chi connectivity index (χ0) is 25.0. The molecule has 2 aromatic rings. The molecule has 1 fully saturated rings. The van der Waals surface area contributed by atoms with Crippen LogP contribution in [-0.2, 0) is 25.7 Å². The third kappa shape index (κ3) is 8.60. The molecule has 190 valence electrons. The van der Waals surface area contributed by atoms with Gasteiger partial charge in [0.25, 0.3) is 0 Å². The Hall–Kier alpha value is -2.47. The summed E-state index contributed by atoms with van der Waals surface area (Å²) >= 11 is 1.63. The summed E-state index contributed by atoms with van der Waals surface area (Å²) in [5.41, 5.74) is 4.82. The van der Waals surface area contributed by atoms with Crippen LogP contribution in [0.1, 0.15) is 54.8 Å². The van der Waals surface area contributed by atoms with Crippen LogP contribution in [0.5, 0.6) is 0 Å². The zero-order valence-corrected chi connectivity index (χ0v) is 20.2. The standard InChI is InChI=1S/C25H32N2O7S/c28-12-13-35-16-21-14-22(18-6-4-17(15-29)5-7-18)34-25(33-21)19-8-10-20(11-9-19)26-23(30)2-1-3-24(31)27-32/h4-11,21-22,25,28-29,32H,1-3,12-16H2,(H,26,30)(H,27,31)/t21-,22+,25+/m1/s1. The molecule has 3 rings (SSSR count). The summed E-state index contributed by atoms with van der Waals surface area (Å²) in [6.07, 6.45) is 0.397. The number of hydroxylamine groups is 1. The summed E-state index contributed by atoms with van der Waals surface area (Å²) in [4.78, 5) is 23.1. The molecule has 0 saturated carbocycles. The van der Waals surface area contributed by atoms with Gasteiger partial charge in [0.05, 0.1) is 25.4 Å². The third-order valence-corrected chi connectivity index (χ3v) is 6.63. The quantitative estimate of drug-likeness (QED) is 0.169. The number of benzene rings is 2. The summed E-state index contributed by atoms with van der Waals surface area (Å²) in [5, 5.41) is 29.7. The number of thioether (sulfide) groups is 1. The van der Waals surface area contributed by atoms with Gasteiger partial charge in [-0.15, -0.1) is 0 Å². The average Bonchev–Trinajstić information content (AvgIpc) is 2.89. The second-order valence-corrected chi connectivity index (χ2v) is 9.36.